The third-order valence-corrected chi connectivity index (χ3v) is 5.50. The molecule has 0 aliphatic heterocycles. The fourth-order valence-corrected chi connectivity index (χ4v) is 3.60. The van der Waals surface area contributed by atoms with E-state index in [0.717, 1.165) is 16.3 Å². The topological polar surface area (TPSA) is 70.8 Å². The maximum absolute atomic E-state index is 9.02. The van der Waals surface area contributed by atoms with Crippen molar-refractivity contribution in [3.63, 3.8) is 0 Å². The van der Waals surface area contributed by atoms with Crippen LogP contribution in [0.4, 0.5) is 10.8 Å². The molecule has 4 aromatic rings. The van der Waals surface area contributed by atoms with Gasteiger partial charge < -0.3 is 10.1 Å². The van der Waals surface area contributed by atoms with Crippen LogP contribution >= 0.6 is 34.5 Å². The van der Waals surface area contributed by atoms with Crippen molar-refractivity contribution in [1.29, 1.82) is 5.26 Å². The lowest BCUT2D eigenvalue weighted by Crippen LogP contribution is -1.89. The average molecular weight is 439 g/mol. The van der Waals surface area contributed by atoms with Crippen LogP contribution in [0.3, 0.4) is 0 Å². The molecule has 0 aliphatic carbocycles. The van der Waals surface area contributed by atoms with Gasteiger partial charge in [-0.1, -0.05) is 52.7 Å². The Morgan fingerprint density at radius 1 is 0.897 bits per heavy atom. The van der Waals surface area contributed by atoms with Gasteiger partial charge in [0, 0.05) is 11.3 Å². The molecule has 0 saturated heterocycles. The smallest absolute Gasteiger partial charge is 0.210 e. The number of nitrogens with one attached hydrogen (secondary N) is 1. The number of nitriles is 1. The highest BCUT2D eigenvalue weighted by Crippen LogP contribution is 2.33. The van der Waals surface area contributed by atoms with Crippen LogP contribution in [-0.2, 0) is 0 Å². The van der Waals surface area contributed by atoms with Crippen molar-refractivity contribution in [2.75, 3.05) is 5.32 Å². The zero-order valence-electron chi connectivity index (χ0n) is 14.8. The summed E-state index contributed by atoms with van der Waals surface area (Å²) in [5.41, 5.74) is 2.19. The van der Waals surface area contributed by atoms with Crippen LogP contribution in [0.2, 0.25) is 10.0 Å². The number of rotatable bonds is 5. The normalized spacial score (nSPS) is 10.4. The highest BCUT2D eigenvalue weighted by Gasteiger charge is 2.09. The van der Waals surface area contributed by atoms with Crippen molar-refractivity contribution in [3.8, 4) is 28.1 Å². The first kappa shape index (κ1) is 19.2. The Balaban J connectivity index is 1.52. The fraction of sp³-hybridized carbons (Fsp3) is 0. The lowest BCUT2D eigenvalue weighted by molar-refractivity contribution is 0.483. The number of ether oxygens (including phenoxy) is 1. The third-order valence-electron chi connectivity index (χ3n) is 3.88. The van der Waals surface area contributed by atoms with Crippen LogP contribution in [-0.4, -0.2) is 10.2 Å². The number of nitrogens with zero attached hydrogens (tertiary/aromatic N) is 3. The summed E-state index contributed by atoms with van der Waals surface area (Å²) in [5, 5.41) is 22.9. The maximum atomic E-state index is 9.02. The maximum Gasteiger partial charge on any atom is 0.210 e. The molecule has 8 heteroatoms. The number of anilines is 2. The standard InChI is InChI=1S/C21H12Cl2N4OS/c22-18-8-7-15(11-19(18)23)25-21-27-26-20(29-21)14-4-2-6-17(10-14)28-16-5-1-3-13(9-16)12-24/h1-11H,(H,25,27). The first-order valence-electron chi connectivity index (χ1n) is 8.45. The molecule has 0 aliphatic rings. The molecule has 3 aromatic carbocycles. The van der Waals surface area contributed by atoms with E-state index < -0.39 is 0 Å². The second-order valence-corrected chi connectivity index (χ2v) is 7.73. The van der Waals surface area contributed by atoms with E-state index in [2.05, 4.69) is 21.6 Å². The van der Waals surface area contributed by atoms with Gasteiger partial charge in [0.05, 0.1) is 21.7 Å². The van der Waals surface area contributed by atoms with Gasteiger partial charge in [-0.15, -0.1) is 10.2 Å². The fourth-order valence-electron chi connectivity index (χ4n) is 2.55. The summed E-state index contributed by atoms with van der Waals surface area (Å²) in [6.45, 7) is 0. The molecule has 0 spiro atoms. The second kappa shape index (κ2) is 8.50. The zero-order chi connectivity index (χ0) is 20.2. The Kier molecular flexibility index (Phi) is 5.63. The van der Waals surface area contributed by atoms with Gasteiger partial charge >= 0.3 is 0 Å². The van der Waals surface area contributed by atoms with E-state index >= 15 is 0 Å². The van der Waals surface area contributed by atoms with Crippen LogP contribution in [0.5, 0.6) is 11.5 Å². The van der Waals surface area contributed by atoms with E-state index in [1.165, 1.54) is 11.3 Å². The van der Waals surface area contributed by atoms with Crippen molar-refractivity contribution in [2.24, 2.45) is 0 Å². The summed E-state index contributed by atoms with van der Waals surface area (Å²) in [6.07, 6.45) is 0. The van der Waals surface area contributed by atoms with Gasteiger partial charge in [0.1, 0.15) is 16.5 Å². The minimum absolute atomic E-state index is 0.465. The predicted molar refractivity (Wildman–Crippen MR) is 116 cm³/mol. The van der Waals surface area contributed by atoms with Crippen LogP contribution in [0, 0.1) is 11.3 Å². The first-order chi connectivity index (χ1) is 14.1. The molecule has 1 heterocycles. The lowest BCUT2D eigenvalue weighted by atomic mass is 10.2. The molecule has 1 N–H and O–H groups in total. The van der Waals surface area contributed by atoms with E-state index in [0.29, 0.717) is 32.2 Å². The quantitative estimate of drug-likeness (QED) is 0.366. The molecule has 0 bridgehead atoms. The van der Waals surface area contributed by atoms with Crippen molar-refractivity contribution >= 4 is 45.4 Å². The number of benzene rings is 3. The van der Waals surface area contributed by atoms with Gasteiger partial charge in [0.25, 0.3) is 0 Å². The molecular weight excluding hydrogens is 427 g/mol. The molecule has 0 amide bonds. The van der Waals surface area contributed by atoms with E-state index in [4.69, 9.17) is 33.2 Å². The Hall–Kier alpha value is -3.11. The molecule has 0 radical (unpaired) electrons. The summed E-state index contributed by atoms with van der Waals surface area (Å²) in [5.74, 6) is 1.24. The van der Waals surface area contributed by atoms with E-state index in [1.54, 1.807) is 36.4 Å². The molecule has 29 heavy (non-hydrogen) atoms. The van der Waals surface area contributed by atoms with Crippen LogP contribution < -0.4 is 10.1 Å². The second-order valence-electron chi connectivity index (χ2n) is 5.94. The monoisotopic (exact) mass is 438 g/mol. The van der Waals surface area contributed by atoms with Crippen LogP contribution in [0.1, 0.15) is 5.56 Å². The third kappa shape index (κ3) is 4.66. The number of halogens is 2. The SMILES string of the molecule is N#Cc1cccc(Oc2cccc(-c3nnc(Nc4ccc(Cl)c(Cl)c4)s3)c2)c1. The van der Waals surface area contributed by atoms with Crippen molar-refractivity contribution in [2.45, 2.75) is 0 Å². The number of aromatic nitrogens is 2. The summed E-state index contributed by atoms with van der Waals surface area (Å²) in [4.78, 5) is 0. The van der Waals surface area contributed by atoms with Crippen molar-refractivity contribution in [3.05, 3.63) is 82.3 Å². The lowest BCUT2D eigenvalue weighted by Gasteiger charge is -2.06. The minimum atomic E-state index is 0.465. The highest BCUT2D eigenvalue weighted by molar-refractivity contribution is 7.18. The van der Waals surface area contributed by atoms with Crippen molar-refractivity contribution in [1.82, 2.24) is 10.2 Å². The molecule has 5 nitrogen and oxygen atoms in total. The van der Waals surface area contributed by atoms with Crippen molar-refractivity contribution < 1.29 is 4.74 Å². The van der Waals surface area contributed by atoms with Gasteiger partial charge in [0.2, 0.25) is 5.13 Å². The molecule has 0 atom stereocenters. The molecule has 4 rings (SSSR count). The van der Waals surface area contributed by atoms with E-state index in [9.17, 15) is 0 Å². The molecular formula is C21H12Cl2N4OS. The summed E-state index contributed by atoms with van der Waals surface area (Å²) >= 11 is 13.4. The van der Waals surface area contributed by atoms with E-state index in [-0.39, 0.29) is 0 Å². The summed E-state index contributed by atoms with van der Waals surface area (Å²) < 4.78 is 5.87. The zero-order valence-corrected chi connectivity index (χ0v) is 17.1. The number of hydrogen-bond acceptors (Lipinski definition) is 6. The predicted octanol–water partition coefficient (Wildman–Crippen LogP) is 6.92. The Morgan fingerprint density at radius 2 is 1.69 bits per heavy atom. The van der Waals surface area contributed by atoms with Gasteiger partial charge in [-0.05, 0) is 48.5 Å². The van der Waals surface area contributed by atoms with Gasteiger partial charge in [0.15, 0.2) is 0 Å². The molecule has 0 fully saturated rings. The average Bonchev–Trinajstić information content (AvgIpc) is 3.20. The largest absolute Gasteiger partial charge is 0.457 e. The van der Waals surface area contributed by atoms with E-state index in [1.807, 2.05) is 30.3 Å². The molecule has 142 valence electrons. The van der Waals surface area contributed by atoms with Crippen LogP contribution in [0.25, 0.3) is 10.6 Å². The first-order valence-corrected chi connectivity index (χ1v) is 10.0. The molecule has 0 unspecified atom stereocenters. The Morgan fingerprint density at radius 3 is 2.48 bits per heavy atom. The minimum Gasteiger partial charge on any atom is -0.457 e. The summed E-state index contributed by atoms with van der Waals surface area (Å²) in [6, 6.07) is 21.9. The molecule has 0 saturated carbocycles. The Labute approximate surface area is 181 Å². The number of hydrogen-bond donors (Lipinski definition) is 1. The van der Waals surface area contributed by atoms with Gasteiger partial charge in [-0.25, -0.2) is 0 Å². The Bertz CT molecular complexity index is 1220. The van der Waals surface area contributed by atoms with Crippen LogP contribution in [0.15, 0.2) is 66.7 Å². The van der Waals surface area contributed by atoms with Gasteiger partial charge in [-0.2, -0.15) is 5.26 Å². The summed E-state index contributed by atoms with van der Waals surface area (Å²) in [7, 11) is 0. The molecule has 1 aromatic heterocycles. The van der Waals surface area contributed by atoms with Gasteiger partial charge in [-0.3, -0.25) is 0 Å². The highest BCUT2D eigenvalue weighted by atomic mass is 35.5.